The van der Waals surface area contributed by atoms with Crippen LogP contribution in [-0.4, -0.2) is 51.4 Å². The van der Waals surface area contributed by atoms with Crippen molar-refractivity contribution in [3.05, 3.63) is 53.4 Å². The van der Waals surface area contributed by atoms with Crippen LogP contribution in [0.25, 0.3) is 0 Å². The van der Waals surface area contributed by atoms with Gasteiger partial charge in [-0.25, -0.2) is 8.42 Å². The van der Waals surface area contributed by atoms with Crippen LogP contribution < -0.4 is 10.2 Å². The zero-order valence-corrected chi connectivity index (χ0v) is 16.4. The minimum absolute atomic E-state index is 0.00841. The second kappa shape index (κ2) is 8.30. The zero-order chi connectivity index (χ0) is 18.6. The normalized spacial score (nSPS) is 17.7. The Hall–Kier alpha value is -1.74. The molecule has 1 saturated heterocycles. The number of amides is 1. The van der Waals surface area contributed by atoms with Gasteiger partial charge in [0.05, 0.1) is 32.2 Å². The Morgan fingerprint density at radius 2 is 1.88 bits per heavy atom. The summed E-state index contributed by atoms with van der Waals surface area (Å²) in [6.45, 7) is 4.49. The zero-order valence-electron chi connectivity index (χ0n) is 14.7. The fourth-order valence-corrected chi connectivity index (χ4v) is 5.69. The summed E-state index contributed by atoms with van der Waals surface area (Å²) in [5.74, 6) is -0.00841. The Kier molecular flexibility index (Phi) is 6.08. The predicted octanol–water partition coefficient (Wildman–Crippen LogP) is 0.515. The lowest BCUT2D eigenvalue weighted by Gasteiger charge is -2.31. The number of piperazine rings is 1. The number of carbonyl (C=O) groups excluding carboxylic acids is 1. The first kappa shape index (κ1) is 19.0. The van der Waals surface area contributed by atoms with E-state index in [1.807, 2.05) is 37.3 Å². The SMILES string of the molecule is C[C@H](NC(=O)C[NH+]1CCN(S(=O)(=O)c2cccs2)CC1)c1ccccc1. The summed E-state index contributed by atoms with van der Waals surface area (Å²) in [5.41, 5.74) is 1.07. The van der Waals surface area contributed by atoms with Gasteiger partial charge in [0, 0.05) is 0 Å². The van der Waals surface area contributed by atoms with Gasteiger partial charge < -0.3 is 10.2 Å². The van der Waals surface area contributed by atoms with Gasteiger partial charge in [0.2, 0.25) is 0 Å². The fourth-order valence-electron chi connectivity index (χ4n) is 3.10. The van der Waals surface area contributed by atoms with E-state index in [4.69, 9.17) is 0 Å². The molecule has 1 aromatic carbocycles. The highest BCUT2D eigenvalue weighted by Gasteiger charge is 2.31. The van der Waals surface area contributed by atoms with Crippen LogP contribution in [0.3, 0.4) is 0 Å². The molecule has 1 atom stereocenters. The van der Waals surface area contributed by atoms with E-state index in [0.29, 0.717) is 36.9 Å². The highest BCUT2D eigenvalue weighted by Crippen LogP contribution is 2.20. The summed E-state index contributed by atoms with van der Waals surface area (Å²) in [7, 11) is -3.39. The maximum Gasteiger partial charge on any atom is 0.275 e. The second-order valence-electron chi connectivity index (χ2n) is 6.46. The van der Waals surface area contributed by atoms with Crippen molar-refractivity contribution < 1.29 is 18.1 Å². The largest absolute Gasteiger partial charge is 0.345 e. The van der Waals surface area contributed by atoms with Crippen molar-refractivity contribution in [3.8, 4) is 0 Å². The predicted molar refractivity (Wildman–Crippen MR) is 102 cm³/mol. The van der Waals surface area contributed by atoms with Crippen molar-refractivity contribution in [2.24, 2.45) is 0 Å². The molecular formula is C18H24N3O3S2+. The number of benzene rings is 1. The molecule has 0 unspecified atom stereocenters. The fraction of sp³-hybridized carbons (Fsp3) is 0.389. The van der Waals surface area contributed by atoms with Crippen molar-refractivity contribution in [1.82, 2.24) is 9.62 Å². The van der Waals surface area contributed by atoms with Crippen LogP contribution in [0.2, 0.25) is 0 Å². The summed E-state index contributed by atoms with van der Waals surface area (Å²) >= 11 is 1.24. The number of nitrogens with zero attached hydrogens (tertiary/aromatic N) is 1. The van der Waals surface area contributed by atoms with E-state index >= 15 is 0 Å². The lowest BCUT2D eigenvalue weighted by molar-refractivity contribution is -0.895. The molecule has 8 heteroatoms. The standard InChI is InChI=1S/C18H23N3O3S2/c1-15(16-6-3-2-4-7-16)19-17(22)14-20-9-11-21(12-10-20)26(23,24)18-8-5-13-25-18/h2-8,13,15H,9-12,14H2,1H3,(H,19,22)/p+1/t15-/m0/s1. The van der Waals surface area contributed by atoms with Crippen molar-refractivity contribution >= 4 is 27.3 Å². The third-order valence-electron chi connectivity index (χ3n) is 4.61. The monoisotopic (exact) mass is 394 g/mol. The lowest BCUT2D eigenvalue weighted by atomic mass is 10.1. The number of rotatable bonds is 6. The summed E-state index contributed by atoms with van der Waals surface area (Å²) < 4.78 is 27.0. The maximum atomic E-state index is 12.5. The molecule has 26 heavy (non-hydrogen) atoms. The Bertz CT molecular complexity index is 815. The minimum Gasteiger partial charge on any atom is -0.345 e. The Labute approximate surface area is 158 Å². The summed E-state index contributed by atoms with van der Waals surface area (Å²) in [6, 6.07) is 13.2. The Balaban J connectivity index is 1.49. The van der Waals surface area contributed by atoms with Crippen molar-refractivity contribution in [2.75, 3.05) is 32.7 Å². The van der Waals surface area contributed by atoms with Crippen molar-refractivity contribution in [1.29, 1.82) is 0 Å². The number of sulfonamides is 1. The first-order valence-corrected chi connectivity index (χ1v) is 11.0. The van der Waals surface area contributed by atoms with Crippen molar-refractivity contribution in [3.63, 3.8) is 0 Å². The van der Waals surface area contributed by atoms with Crippen LogP contribution in [0, 0.1) is 0 Å². The van der Waals surface area contributed by atoms with E-state index in [1.165, 1.54) is 15.6 Å². The highest BCUT2D eigenvalue weighted by atomic mass is 32.2. The summed E-state index contributed by atoms with van der Waals surface area (Å²) in [6.07, 6.45) is 0. The molecule has 3 rings (SSSR count). The van der Waals surface area contributed by atoms with E-state index in [9.17, 15) is 13.2 Å². The van der Waals surface area contributed by atoms with Gasteiger partial charge in [0.1, 0.15) is 4.21 Å². The van der Waals surface area contributed by atoms with E-state index in [1.54, 1.807) is 17.5 Å². The first-order valence-electron chi connectivity index (χ1n) is 8.68. The average Bonchev–Trinajstić information content (AvgIpc) is 3.18. The molecule has 1 aliphatic heterocycles. The van der Waals surface area contributed by atoms with Gasteiger partial charge in [0.25, 0.3) is 15.9 Å². The summed E-state index contributed by atoms with van der Waals surface area (Å²) in [5, 5.41) is 4.79. The molecule has 0 bridgehead atoms. The molecule has 2 heterocycles. The average molecular weight is 395 g/mol. The van der Waals surface area contributed by atoms with Crippen LogP contribution in [0.15, 0.2) is 52.1 Å². The first-order chi connectivity index (χ1) is 12.5. The quantitative estimate of drug-likeness (QED) is 0.750. The highest BCUT2D eigenvalue weighted by molar-refractivity contribution is 7.91. The molecule has 1 fully saturated rings. The van der Waals surface area contributed by atoms with Gasteiger partial charge in [-0.05, 0) is 23.9 Å². The topological polar surface area (TPSA) is 70.9 Å². The molecule has 1 aromatic heterocycles. The van der Waals surface area contributed by atoms with E-state index in [-0.39, 0.29) is 11.9 Å². The third kappa shape index (κ3) is 4.50. The van der Waals surface area contributed by atoms with Crippen LogP contribution in [-0.2, 0) is 14.8 Å². The number of quaternary nitrogens is 1. The van der Waals surface area contributed by atoms with Gasteiger partial charge in [-0.3, -0.25) is 4.79 Å². The minimum atomic E-state index is -3.39. The molecule has 0 radical (unpaired) electrons. The molecule has 1 aliphatic rings. The number of hydrogen-bond acceptors (Lipinski definition) is 4. The van der Waals surface area contributed by atoms with E-state index < -0.39 is 10.0 Å². The van der Waals surface area contributed by atoms with E-state index in [2.05, 4.69) is 5.32 Å². The maximum absolute atomic E-state index is 12.5. The van der Waals surface area contributed by atoms with Crippen LogP contribution in [0.1, 0.15) is 18.5 Å². The molecular weight excluding hydrogens is 370 g/mol. The molecule has 1 amide bonds. The Morgan fingerprint density at radius 3 is 2.50 bits per heavy atom. The van der Waals surface area contributed by atoms with Gasteiger partial charge >= 0.3 is 0 Å². The molecule has 2 aromatic rings. The Morgan fingerprint density at radius 1 is 1.19 bits per heavy atom. The van der Waals surface area contributed by atoms with Crippen molar-refractivity contribution in [2.45, 2.75) is 17.2 Å². The molecule has 0 aliphatic carbocycles. The molecule has 2 N–H and O–H groups in total. The molecule has 0 spiro atoms. The van der Waals surface area contributed by atoms with Gasteiger partial charge in [0.15, 0.2) is 6.54 Å². The molecule has 140 valence electrons. The van der Waals surface area contributed by atoms with Crippen LogP contribution in [0.4, 0.5) is 0 Å². The number of carbonyl (C=O) groups is 1. The second-order valence-corrected chi connectivity index (χ2v) is 9.58. The molecule has 0 saturated carbocycles. The van der Waals surface area contributed by atoms with Crippen LogP contribution in [0.5, 0.6) is 0 Å². The third-order valence-corrected chi connectivity index (χ3v) is 7.88. The van der Waals surface area contributed by atoms with Gasteiger partial charge in [-0.2, -0.15) is 4.31 Å². The van der Waals surface area contributed by atoms with Gasteiger partial charge in [-0.15, -0.1) is 11.3 Å². The van der Waals surface area contributed by atoms with Gasteiger partial charge in [-0.1, -0.05) is 36.4 Å². The summed E-state index contributed by atoms with van der Waals surface area (Å²) in [4.78, 5) is 13.4. The molecule has 6 nitrogen and oxygen atoms in total. The lowest BCUT2D eigenvalue weighted by Crippen LogP contribution is -3.15. The van der Waals surface area contributed by atoms with Crippen LogP contribution >= 0.6 is 11.3 Å². The smallest absolute Gasteiger partial charge is 0.275 e. The van der Waals surface area contributed by atoms with E-state index in [0.717, 1.165) is 10.5 Å². The number of hydrogen-bond donors (Lipinski definition) is 2. The number of thiophene rings is 1. The number of nitrogens with one attached hydrogen (secondary N) is 2.